The molecule has 2 aromatic rings. The number of nitrogens with two attached hydrogens (primary N) is 1. The Labute approximate surface area is 131 Å². The quantitative estimate of drug-likeness (QED) is 0.817. The van der Waals surface area contributed by atoms with Crippen molar-refractivity contribution < 1.29 is 0 Å². The van der Waals surface area contributed by atoms with Crippen LogP contribution in [0.5, 0.6) is 0 Å². The Morgan fingerprint density at radius 3 is 2.74 bits per heavy atom. The van der Waals surface area contributed by atoms with Gasteiger partial charge in [-0.1, -0.05) is 18.3 Å². The van der Waals surface area contributed by atoms with Gasteiger partial charge in [0.1, 0.15) is 4.99 Å². The summed E-state index contributed by atoms with van der Waals surface area (Å²) in [6.07, 6.45) is 0. The van der Waals surface area contributed by atoms with Gasteiger partial charge >= 0.3 is 0 Å². The molecular formula is C14H15BrN2S2. The second-order valence-electron chi connectivity index (χ2n) is 4.12. The van der Waals surface area contributed by atoms with Crippen LogP contribution in [0.15, 0.2) is 40.2 Å². The first-order valence-corrected chi connectivity index (χ1v) is 8.06. The maximum atomic E-state index is 5.65. The van der Waals surface area contributed by atoms with E-state index in [9.17, 15) is 0 Å². The van der Waals surface area contributed by atoms with E-state index in [1.165, 1.54) is 4.88 Å². The van der Waals surface area contributed by atoms with Gasteiger partial charge in [0.25, 0.3) is 0 Å². The maximum Gasteiger partial charge on any atom is 0.104 e. The van der Waals surface area contributed by atoms with Crippen molar-refractivity contribution in [1.29, 1.82) is 0 Å². The van der Waals surface area contributed by atoms with Gasteiger partial charge in [0.05, 0.1) is 12.2 Å². The SMILES string of the molecule is CCN(Cc1cccs1)c1ccc(C(N)=S)cc1Br. The lowest BCUT2D eigenvalue weighted by molar-refractivity contribution is 0.840. The van der Waals surface area contributed by atoms with E-state index in [1.807, 2.05) is 12.1 Å². The highest BCUT2D eigenvalue weighted by molar-refractivity contribution is 9.10. The highest BCUT2D eigenvalue weighted by Crippen LogP contribution is 2.29. The number of thiocarbonyl (C=S) groups is 1. The van der Waals surface area contributed by atoms with E-state index >= 15 is 0 Å². The fourth-order valence-corrected chi connectivity index (χ4v) is 3.35. The minimum absolute atomic E-state index is 0.425. The molecule has 1 aromatic carbocycles. The van der Waals surface area contributed by atoms with Crippen LogP contribution in [0, 0.1) is 0 Å². The largest absolute Gasteiger partial charge is 0.389 e. The van der Waals surface area contributed by atoms with Gasteiger partial charge in [0.15, 0.2) is 0 Å². The summed E-state index contributed by atoms with van der Waals surface area (Å²) in [6.45, 7) is 4.02. The zero-order valence-corrected chi connectivity index (χ0v) is 13.8. The summed E-state index contributed by atoms with van der Waals surface area (Å²) in [4.78, 5) is 4.10. The highest BCUT2D eigenvalue weighted by atomic mass is 79.9. The second-order valence-corrected chi connectivity index (χ2v) is 6.45. The highest BCUT2D eigenvalue weighted by Gasteiger charge is 2.11. The first-order chi connectivity index (χ1) is 9.11. The Morgan fingerprint density at radius 2 is 2.21 bits per heavy atom. The van der Waals surface area contributed by atoms with Gasteiger partial charge in [-0.2, -0.15) is 0 Å². The van der Waals surface area contributed by atoms with Crippen molar-refractivity contribution in [3.05, 3.63) is 50.6 Å². The molecule has 19 heavy (non-hydrogen) atoms. The summed E-state index contributed by atoms with van der Waals surface area (Å²) in [6, 6.07) is 10.3. The standard InChI is InChI=1S/C14H15BrN2S2/c1-2-17(9-11-4-3-7-19-11)13-6-5-10(14(16)18)8-12(13)15/h3-8H,2,9H2,1H3,(H2,16,18). The molecule has 0 unspecified atom stereocenters. The molecule has 0 amide bonds. The molecule has 0 bridgehead atoms. The number of anilines is 1. The van der Waals surface area contributed by atoms with Gasteiger partial charge in [-0.25, -0.2) is 0 Å². The van der Waals surface area contributed by atoms with E-state index < -0.39 is 0 Å². The summed E-state index contributed by atoms with van der Waals surface area (Å²) in [7, 11) is 0. The van der Waals surface area contributed by atoms with E-state index in [0.29, 0.717) is 4.99 Å². The number of hydrogen-bond donors (Lipinski definition) is 1. The second kappa shape index (κ2) is 6.50. The van der Waals surface area contributed by atoms with Crippen LogP contribution < -0.4 is 10.6 Å². The number of hydrogen-bond acceptors (Lipinski definition) is 3. The lowest BCUT2D eigenvalue weighted by atomic mass is 10.2. The molecule has 0 spiro atoms. The predicted octanol–water partition coefficient (Wildman–Crippen LogP) is 4.17. The summed E-state index contributed by atoms with van der Waals surface area (Å²) >= 11 is 10.4. The fourth-order valence-electron chi connectivity index (χ4n) is 1.87. The number of halogens is 1. The minimum Gasteiger partial charge on any atom is -0.389 e. The average Bonchev–Trinajstić information content (AvgIpc) is 2.89. The predicted molar refractivity (Wildman–Crippen MR) is 91.1 cm³/mol. The molecule has 2 rings (SSSR count). The third-order valence-corrected chi connectivity index (χ3v) is 4.61. The molecule has 2 N–H and O–H groups in total. The van der Waals surface area contributed by atoms with Gasteiger partial charge in [-0.15, -0.1) is 11.3 Å². The van der Waals surface area contributed by atoms with E-state index in [0.717, 1.165) is 28.8 Å². The third-order valence-electron chi connectivity index (χ3n) is 2.88. The number of rotatable bonds is 5. The van der Waals surface area contributed by atoms with Crippen LogP contribution in [0.2, 0.25) is 0 Å². The topological polar surface area (TPSA) is 29.3 Å². The summed E-state index contributed by atoms with van der Waals surface area (Å²) in [5, 5.41) is 2.11. The van der Waals surface area contributed by atoms with Crippen LogP contribution in [0.3, 0.4) is 0 Å². The Balaban J connectivity index is 2.25. The molecule has 1 heterocycles. The molecule has 0 atom stereocenters. The third kappa shape index (κ3) is 3.55. The molecule has 0 fully saturated rings. The molecule has 1 aromatic heterocycles. The molecule has 0 saturated heterocycles. The molecule has 0 saturated carbocycles. The van der Waals surface area contributed by atoms with Crippen molar-refractivity contribution in [2.45, 2.75) is 13.5 Å². The van der Waals surface area contributed by atoms with Crippen molar-refractivity contribution in [1.82, 2.24) is 0 Å². The Hall–Kier alpha value is -0.910. The van der Waals surface area contributed by atoms with Crippen LogP contribution >= 0.6 is 39.5 Å². The fraction of sp³-hybridized carbons (Fsp3) is 0.214. The van der Waals surface area contributed by atoms with Crippen LogP contribution in [0.25, 0.3) is 0 Å². The van der Waals surface area contributed by atoms with Crippen molar-refractivity contribution in [3.8, 4) is 0 Å². The van der Waals surface area contributed by atoms with E-state index in [-0.39, 0.29) is 0 Å². The van der Waals surface area contributed by atoms with E-state index in [1.54, 1.807) is 11.3 Å². The number of thiophene rings is 1. The molecule has 2 nitrogen and oxygen atoms in total. The number of benzene rings is 1. The van der Waals surface area contributed by atoms with Crippen molar-refractivity contribution in [3.63, 3.8) is 0 Å². The summed E-state index contributed by atoms with van der Waals surface area (Å²) in [5.41, 5.74) is 7.70. The maximum absolute atomic E-state index is 5.65. The van der Waals surface area contributed by atoms with Crippen molar-refractivity contribution >= 4 is 50.2 Å². The van der Waals surface area contributed by atoms with Crippen molar-refractivity contribution in [2.75, 3.05) is 11.4 Å². The first kappa shape index (κ1) is 14.5. The van der Waals surface area contributed by atoms with Crippen LogP contribution in [-0.2, 0) is 6.54 Å². The van der Waals surface area contributed by atoms with Crippen LogP contribution in [0.1, 0.15) is 17.4 Å². The van der Waals surface area contributed by atoms with E-state index in [2.05, 4.69) is 51.3 Å². The van der Waals surface area contributed by atoms with Crippen LogP contribution in [0.4, 0.5) is 5.69 Å². The zero-order valence-electron chi connectivity index (χ0n) is 10.6. The lowest BCUT2D eigenvalue weighted by Crippen LogP contribution is -2.22. The normalized spacial score (nSPS) is 10.4. The van der Waals surface area contributed by atoms with Crippen LogP contribution in [-0.4, -0.2) is 11.5 Å². The first-order valence-electron chi connectivity index (χ1n) is 5.98. The Kier molecular flexibility index (Phi) is 4.96. The molecule has 0 radical (unpaired) electrons. The molecule has 0 aliphatic rings. The molecule has 0 aliphatic carbocycles. The van der Waals surface area contributed by atoms with E-state index in [4.69, 9.17) is 18.0 Å². The molecule has 0 aliphatic heterocycles. The van der Waals surface area contributed by atoms with Gasteiger partial charge in [-0.3, -0.25) is 0 Å². The Bertz CT molecular complexity index is 567. The smallest absolute Gasteiger partial charge is 0.104 e. The average molecular weight is 355 g/mol. The van der Waals surface area contributed by atoms with Crippen molar-refractivity contribution in [2.24, 2.45) is 5.73 Å². The summed E-state index contributed by atoms with van der Waals surface area (Å²) in [5.74, 6) is 0. The van der Waals surface area contributed by atoms with Gasteiger partial charge in [-0.05, 0) is 52.5 Å². The zero-order chi connectivity index (χ0) is 13.8. The molecule has 5 heteroatoms. The Morgan fingerprint density at radius 1 is 1.42 bits per heavy atom. The minimum atomic E-state index is 0.425. The van der Waals surface area contributed by atoms with Gasteiger partial charge < -0.3 is 10.6 Å². The molecule has 100 valence electrons. The number of nitrogens with zero attached hydrogens (tertiary/aromatic N) is 1. The van der Waals surface area contributed by atoms with Gasteiger partial charge in [0.2, 0.25) is 0 Å². The monoisotopic (exact) mass is 354 g/mol. The summed E-state index contributed by atoms with van der Waals surface area (Å²) < 4.78 is 1.02. The molecular weight excluding hydrogens is 340 g/mol. The van der Waals surface area contributed by atoms with Gasteiger partial charge in [0, 0.05) is 21.5 Å². The lowest BCUT2D eigenvalue weighted by Gasteiger charge is -2.24.